The van der Waals surface area contributed by atoms with E-state index in [4.69, 9.17) is 5.11 Å². The third-order valence-corrected chi connectivity index (χ3v) is 1.96. The highest BCUT2D eigenvalue weighted by Gasteiger charge is 2.06. The number of phenolic OH excluding ortho intramolecular Hbond substituents is 1. The maximum Gasteiger partial charge on any atom is 0.312 e. The number of hydrogen-bond acceptors (Lipinski definition) is 3. The maximum atomic E-state index is 11.0. The molecule has 1 aromatic rings. The molecular formula is C11H13NO4. The molecule has 1 rings (SSSR count). The number of phenols is 1. The van der Waals surface area contributed by atoms with Crippen molar-refractivity contribution < 1.29 is 19.8 Å². The fraction of sp³-hybridized carbons (Fsp3) is 0.273. The number of carboxylic acids is 1. The molecule has 16 heavy (non-hydrogen) atoms. The standard InChI is InChI=1S/C11H13NO4/c13-9-3-1-2-8(6-9)4-5-12-10(14)7-11(15)16/h1-3,6,13H,4-5,7H2,(H,12,14)(H,15,16). The molecule has 1 amide bonds. The van der Waals surface area contributed by atoms with Gasteiger partial charge in [-0.1, -0.05) is 12.1 Å². The molecule has 0 radical (unpaired) electrons. The van der Waals surface area contributed by atoms with E-state index < -0.39 is 18.3 Å². The van der Waals surface area contributed by atoms with E-state index in [1.165, 1.54) is 0 Å². The Balaban J connectivity index is 2.30. The molecule has 86 valence electrons. The van der Waals surface area contributed by atoms with Gasteiger partial charge in [-0.2, -0.15) is 0 Å². The van der Waals surface area contributed by atoms with Crippen molar-refractivity contribution in [1.82, 2.24) is 5.32 Å². The minimum atomic E-state index is -1.14. The second kappa shape index (κ2) is 5.75. The Bertz CT molecular complexity index is 389. The molecule has 0 fully saturated rings. The smallest absolute Gasteiger partial charge is 0.312 e. The number of aliphatic carboxylic acids is 1. The van der Waals surface area contributed by atoms with E-state index >= 15 is 0 Å². The Morgan fingerprint density at radius 2 is 2.06 bits per heavy atom. The van der Waals surface area contributed by atoms with Crippen LogP contribution < -0.4 is 5.32 Å². The van der Waals surface area contributed by atoms with Gasteiger partial charge in [-0.25, -0.2) is 0 Å². The number of benzene rings is 1. The average molecular weight is 223 g/mol. The van der Waals surface area contributed by atoms with Crippen LogP contribution in [-0.4, -0.2) is 28.6 Å². The van der Waals surface area contributed by atoms with Gasteiger partial charge in [-0.3, -0.25) is 9.59 Å². The molecule has 0 aromatic heterocycles. The molecule has 0 spiro atoms. The lowest BCUT2D eigenvalue weighted by Crippen LogP contribution is -2.27. The van der Waals surface area contributed by atoms with Crippen LogP contribution >= 0.6 is 0 Å². The summed E-state index contributed by atoms with van der Waals surface area (Å²) >= 11 is 0. The molecule has 5 heteroatoms. The van der Waals surface area contributed by atoms with Gasteiger partial charge < -0.3 is 15.5 Å². The van der Waals surface area contributed by atoms with E-state index in [0.29, 0.717) is 13.0 Å². The van der Waals surface area contributed by atoms with Gasteiger partial charge in [-0.05, 0) is 24.1 Å². The van der Waals surface area contributed by atoms with Crippen LogP contribution in [0.5, 0.6) is 5.75 Å². The molecule has 0 aliphatic rings. The Hall–Kier alpha value is -2.04. The molecule has 0 aliphatic carbocycles. The molecule has 0 atom stereocenters. The van der Waals surface area contributed by atoms with Gasteiger partial charge in [-0.15, -0.1) is 0 Å². The lowest BCUT2D eigenvalue weighted by Gasteiger charge is -2.04. The summed E-state index contributed by atoms with van der Waals surface area (Å²) in [4.78, 5) is 21.2. The first-order valence-electron chi connectivity index (χ1n) is 4.84. The minimum Gasteiger partial charge on any atom is -0.508 e. The van der Waals surface area contributed by atoms with E-state index in [1.807, 2.05) is 6.07 Å². The summed E-state index contributed by atoms with van der Waals surface area (Å²) in [5.74, 6) is -1.48. The first-order chi connectivity index (χ1) is 7.58. The van der Waals surface area contributed by atoms with Crippen molar-refractivity contribution in [3.05, 3.63) is 29.8 Å². The summed E-state index contributed by atoms with van der Waals surface area (Å²) in [6, 6.07) is 6.70. The second-order valence-corrected chi connectivity index (χ2v) is 3.34. The van der Waals surface area contributed by atoms with Crippen LogP contribution in [0.15, 0.2) is 24.3 Å². The molecule has 0 unspecified atom stereocenters. The number of nitrogens with one attached hydrogen (secondary N) is 1. The van der Waals surface area contributed by atoms with Crippen molar-refractivity contribution in [2.45, 2.75) is 12.8 Å². The van der Waals surface area contributed by atoms with Crippen molar-refractivity contribution in [1.29, 1.82) is 0 Å². The lowest BCUT2D eigenvalue weighted by molar-refractivity contribution is -0.140. The van der Waals surface area contributed by atoms with E-state index in [1.54, 1.807) is 18.2 Å². The van der Waals surface area contributed by atoms with E-state index in [-0.39, 0.29) is 5.75 Å². The van der Waals surface area contributed by atoms with Crippen LogP contribution in [0.3, 0.4) is 0 Å². The van der Waals surface area contributed by atoms with Gasteiger partial charge in [0.15, 0.2) is 0 Å². The molecule has 5 nitrogen and oxygen atoms in total. The number of amides is 1. The van der Waals surface area contributed by atoms with Crippen molar-refractivity contribution >= 4 is 11.9 Å². The molecule has 0 bridgehead atoms. The molecular weight excluding hydrogens is 210 g/mol. The molecule has 0 aliphatic heterocycles. The summed E-state index contributed by atoms with van der Waals surface area (Å²) < 4.78 is 0. The summed E-state index contributed by atoms with van der Waals surface area (Å²) in [7, 11) is 0. The monoisotopic (exact) mass is 223 g/mol. The Labute approximate surface area is 92.7 Å². The first kappa shape index (κ1) is 12.0. The third kappa shape index (κ3) is 4.45. The lowest BCUT2D eigenvalue weighted by atomic mass is 10.1. The minimum absolute atomic E-state index is 0.175. The zero-order valence-electron chi connectivity index (χ0n) is 8.64. The van der Waals surface area contributed by atoms with Crippen LogP contribution in [0.4, 0.5) is 0 Å². The Morgan fingerprint density at radius 1 is 1.31 bits per heavy atom. The highest BCUT2D eigenvalue weighted by Crippen LogP contribution is 2.10. The van der Waals surface area contributed by atoms with Crippen LogP contribution in [0.25, 0.3) is 0 Å². The number of carbonyl (C=O) groups excluding carboxylic acids is 1. The predicted molar refractivity (Wildman–Crippen MR) is 57.1 cm³/mol. The van der Waals surface area contributed by atoms with Gasteiger partial charge in [0.05, 0.1) is 0 Å². The van der Waals surface area contributed by atoms with E-state index in [9.17, 15) is 14.7 Å². The summed E-state index contributed by atoms with van der Waals surface area (Å²) in [5, 5.41) is 20.0. The largest absolute Gasteiger partial charge is 0.508 e. The summed E-state index contributed by atoms with van der Waals surface area (Å²) in [6.07, 6.45) is 0.0415. The molecule has 1 aromatic carbocycles. The highest BCUT2D eigenvalue weighted by atomic mass is 16.4. The molecule has 0 saturated carbocycles. The molecule has 0 heterocycles. The number of aromatic hydroxyl groups is 1. The first-order valence-corrected chi connectivity index (χ1v) is 4.84. The Kier molecular flexibility index (Phi) is 4.32. The van der Waals surface area contributed by atoms with Crippen LogP contribution in [0.1, 0.15) is 12.0 Å². The van der Waals surface area contributed by atoms with E-state index in [2.05, 4.69) is 5.32 Å². The maximum absolute atomic E-state index is 11.0. The van der Waals surface area contributed by atoms with Crippen molar-refractivity contribution in [3.63, 3.8) is 0 Å². The second-order valence-electron chi connectivity index (χ2n) is 3.34. The number of hydrogen-bond donors (Lipinski definition) is 3. The highest BCUT2D eigenvalue weighted by molar-refractivity contribution is 5.93. The van der Waals surface area contributed by atoms with Crippen molar-refractivity contribution in [2.75, 3.05) is 6.54 Å². The van der Waals surface area contributed by atoms with Gasteiger partial charge in [0.25, 0.3) is 0 Å². The molecule has 0 saturated heterocycles. The fourth-order valence-corrected chi connectivity index (χ4v) is 1.26. The average Bonchev–Trinajstić information content (AvgIpc) is 2.16. The van der Waals surface area contributed by atoms with E-state index in [0.717, 1.165) is 5.56 Å². The topological polar surface area (TPSA) is 86.6 Å². The van der Waals surface area contributed by atoms with Crippen molar-refractivity contribution in [2.24, 2.45) is 0 Å². The Morgan fingerprint density at radius 3 is 2.69 bits per heavy atom. The summed E-state index contributed by atoms with van der Waals surface area (Å²) in [5.41, 5.74) is 0.885. The third-order valence-electron chi connectivity index (χ3n) is 1.96. The fourth-order valence-electron chi connectivity index (χ4n) is 1.26. The van der Waals surface area contributed by atoms with Gasteiger partial charge in [0, 0.05) is 6.54 Å². The van der Waals surface area contributed by atoms with Crippen molar-refractivity contribution in [3.8, 4) is 5.75 Å². The predicted octanol–water partition coefficient (Wildman–Crippen LogP) is 0.526. The normalized spacial score (nSPS) is 9.75. The van der Waals surface area contributed by atoms with Gasteiger partial charge in [0.1, 0.15) is 12.2 Å². The van der Waals surface area contributed by atoms with Crippen LogP contribution in [0, 0.1) is 0 Å². The SMILES string of the molecule is O=C(O)CC(=O)NCCc1cccc(O)c1. The summed E-state index contributed by atoms with van der Waals surface area (Å²) in [6.45, 7) is 0.357. The quantitative estimate of drug-likeness (QED) is 0.635. The zero-order chi connectivity index (χ0) is 12.0. The van der Waals surface area contributed by atoms with Gasteiger partial charge in [0.2, 0.25) is 5.91 Å². The van der Waals surface area contributed by atoms with Crippen LogP contribution in [-0.2, 0) is 16.0 Å². The van der Waals surface area contributed by atoms with Crippen LogP contribution in [0.2, 0.25) is 0 Å². The zero-order valence-corrected chi connectivity index (χ0v) is 8.64. The molecule has 3 N–H and O–H groups in total. The number of carbonyl (C=O) groups is 2. The number of rotatable bonds is 5. The van der Waals surface area contributed by atoms with Gasteiger partial charge >= 0.3 is 5.97 Å². The number of carboxylic acid groups (broad SMARTS) is 1.